The van der Waals surface area contributed by atoms with E-state index in [-0.39, 0.29) is 25.3 Å². The van der Waals surface area contributed by atoms with Gasteiger partial charge in [-0.2, -0.15) is 0 Å². The number of carbonyl (C=O) groups is 2. The van der Waals surface area contributed by atoms with Crippen LogP contribution < -0.4 is 4.72 Å². The van der Waals surface area contributed by atoms with E-state index in [1.165, 1.54) is 11.0 Å². The van der Waals surface area contributed by atoms with Crippen molar-refractivity contribution in [1.29, 1.82) is 0 Å². The number of rotatable bonds is 4. The van der Waals surface area contributed by atoms with Crippen molar-refractivity contribution in [3.8, 4) is 0 Å². The number of aliphatic carboxylic acids is 1. The van der Waals surface area contributed by atoms with E-state index in [2.05, 4.69) is 4.72 Å². The van der Waals surface area contributed by atoms with Crippen molar-refractivity contribution in [2.24, 2.45) is 0 Å². The van der Waals surface area contributed by atoms with Gasteiger partial charge in [-0.15, -0.1) is 0 Å². The Morgan fingerprint density at radius 1 is 1.39 bits per heavy atom. The standard InChI is InChI=1S/C14H18N2O6S/c1-9-3-4-10(7-11(9)15-23(2,20)21)13(17)16-5-6-22-8-12(16)14(18)19/h3-4,7,12,15H,5-6,8H2,1-2H3,(H,18,19). The van der Waals surface area contributed by atoms with E-state index >= 15 is 0 Å². The highest BCUT2D eigenvalue weighted by Gasteiger charge is 2.33. The van der Waals surface area contributed by atoms with E-state index in [0.717, 1.165) is 6.26 Å². The van der Waals surface area contributed by atoms with Crippen LogP contribution in [0.1, 0.15) is 15.9 Å². The molecule has 1 atom stereocenters. The molecule has 2 N–H and O–H groups in total. The zero-order valence-corrected chi connectivity index (χ0v) is 13.6. The lowest BCUT2D eigenvalue weighted by molar-refractivity contribution is -0.147. The van der Waals surface area contributed by atoms with Gasteiger partial charge < -0.3 is 14.7 Å². The van der Waals surface area contributed by atoms with E-state index in [9.17, 15) is 23.1 Å². The fourth-order valence-corrected chi connectivity index (χ4v) is 2.90. The molecule has 126 valence electrons. The molecule has 1 aromatic rings. The van der Waals surface area contributed by atoms with Gasteiger partial charge in [-0.05, 0) is 24.6 Å². The number of amides is 1. The van der Waals surface area contributed by atoms with Gasteiger partial charge in [-0.1, -0.05) is 6.07 Å². The van der Waals surface area contributed by atoms with Gasteiger partial charge in [0.1, 0.15) is 0 Å². The summed E-state index contributed by atoms with van der Waals surface area (Å²) in [4.78, 5) is 25.0. The smallest absolute Gasteiger partial charge is 0.328 e. The molecule has 0 radical (unpaired) electrons. The van der Waals surface area contributed by atoms with Crippen LogP contribution in [0.5, 0.6) is 0 Å². The maximum absolute atomic E-state index is 12.6. The Balaban J connectivity index is 2.31. The third-order valence-electron chi connectivity index (χ3n) is 3.45. The number of aryl methyl sites for hydroxylation is 1. The predicted molar refractivity (Wildman–Crippen MR) is 82.9 cm³/mol. The molecule has 0 saturated carbocycles. The summed E-state index contributed by atoms with van der Waals surface area (Å²) in [5, 5.41) is 9.19. The van der Waals surface area contributed by atoms with E-state index in [4.69, 9.17) is 4.74 Å². The minimum absolute atomic E-state index is 0.0681. The molecule has 1 unspecified atom stereocenters. The van der Waals surface area contributed by atoms with Crippen molar-refractivity contribution in [2.75, 3.05) is 30.7 Å². The number of benzene rings is 1. The molecule has 1 amide bonds. The molecule has 8 nitrogen and oxygen atoms in total. The maximum Gasteiger partial charge on any atom is 0.328 e. The first kappa shape index (κ1) is 17.2. The highest BCUT2D eigenvalue weighted by atomic mass is 32.2. The minimum atomic E-state index is -3.48. The molecule has 1 saturated heterocycles. The third kappa shape index (κ3) is 4.20. The van der Waals surface area contributed by atoms with Crippen LogP contribution in [0, 0.1) is 6.92 Å². The van der Waals surface area contributed by atoms with Crippen molar-refractivity contribution >= 4 is 27.6 Å². The van der Waals surface area contributed by atoms with E-state index in [1.807, 2.05) is 0 Å². The van der Waals surface area contributed by atoms with Gasteiger partial charge in [-0.25, -0.2) is 13.2 Å². The van der Waals surface area contributed by atoms with E-state index in [1.54, 1.807) is 19.1 Å². The molecular weight excluding hydrogens is 324 g/mol. The zero-order valence-electron chi connectivity index (χ0n) is 12.8. The lowest BCUT2D eigenvalue weighted by Gasteiger charge is -2.33. The van der Waals surface area contributed by atoms with Gasteiger partial charge in [0.05, 0.1) is 25.2 Å². The van der Waals surface area contributed by atoms with Crippen LogP contribution in [-0.2, 0) is 19.6 Å². The first-order valence-corrected chi connectivity index (χ1v) is 8.78. The summed E-state index contributed by atoms with van der Waals surface area (Å²) in [7, 11) is -3.48. The fourth-order valence-electron chi connectivity index (χ4n) is 2.28. The average molecular weight is 342 g/mol. The van der Waals surface area contributed by atoms with E-state index in [0.29, 0.717) is 11.3 Å². The monoisotopic (exact) mass is 342 g/mol. The number of morpholine rings is 1. The maximum atomic E-state index is 12.6. The quantitative estimate of drug-likeness (QED) is 0.813. The molecule has 1 heterocycles. The molecule has 0 aliphatic carbocycles. The summed E-state index contributed by atoms with van der Waals surface area (Å²) in [6, 6.07) is 3.51. The molecule has 0 aromatic heterocycles. The molecule has 2 rings (SSSR count). The van der Waals surface area contributed by atoms with Crippen LogP contribution in [0.2, 0.25) is 0 Å². The molecule has 23 heavy (non-hydrogen) atoms. The highest BCUT2D eigenvalue weighted by molar-refractivity contribution is 7.92. The summed E-state index contributed by atoms with van der Waals surface area (Å²) in [6.07, 6.45) is 1.02. The van der Waals surface area contributed by atoms with Crippen LogP contribution in [0.4, 0.5) is 5.69 Å². The lowest BCUT2D eigenvalue weighted by atomic mass is 10.1. The van der Waals surface area contributed by atoms with Crippen LogP contribution in [0.3, 0.4) is 0 Å². The number of sulfonamides is 1. The molecular formula is C14H18N2O6S. The summed E-state index contributed by atoms with van der Waals surface area (Å²) in [6.45, 7) is 2.06. The van der Waals surface area contributed by atoms with Crippen molar-refractivity contribution in [3.63, 3.8) is 0 Å². The van der Waals surface area contributed by atoms with Gasteiger partial charge in [0.2, 0.25) is 10.0 Å². The molecule has 1 aromatic carbocycles. The van der Waals surface area contributed by atoms with Crippen LogP contribution in [0.15, 0.2) is 18.2 Å². The van der Waals surface area contributed by atoms with E-state index < -0.39 is 27.9 Å². The summed E-state index contributed by atoms with van der Waals surface area (Å²) >= 11 is 0. The van der Waals surface area contributed by atoms with Gasteiger partial charge in [-0.3, -0.25) is 9.52 Å². The molecule has 1 fully saturated rings. The number of carboxylic acid groups (broad SMARTS) is 1. The Bertz CT molecular complexity index is 731. The minimum Gasteiger partial charge on any atom is -0.480 e. The molecule has 0 spiro atoms. The third-order valence-corrected chi connectivity index (χ3v) is 4.04. The predicted octanol–water partition coefficient (Wildman–Crippen LogP) is 0.292. The van der Waals surface area contributed by atoms with Crippen LogP contribution >= 0.6 is 0 Å². The molecule has 0 bridgehead atoms. The Kier molecular flexibility index (Phi) is 4.90. The number of carboxylic acids is 1. The average Bonchev–Trinajstić information content (AvgIpc) is 2.47. The lowest BCUT2D eigenvalue weighted by Crippen LogP contribution is -2.52. The summed E-state index contributed by atoms with van der Waals surface area (Å²) in [5.41, 5.74) is 1.16. The summed E-state index contributed by atoms with van der Waals surface area (Å²) < 4.78 is 30.2. The SMILES string of the molecule is Cc1ccc(C(=O)N2CCOCC2C(=O)O)cc1NS(C)(=O)=O. The fraction of sp³-hybridized carbons (Fsp3) is 0.429. The number of nitrogens with zero attached hydrogens (tertiary/aromatic N) is 1. The van der Waals surface area contributed by atoms with Crippen molar-refractivity contribution < 1.29 is 27.9 Å². The molecule has 1 aliphatic rings. The number of carbonyl (C=O) groups excluding carboxylic acids is 1. The number of anilines is 1. The van der Waals surface area contributed by atoms with Gasteiger partial charge in [0.25, 0.3) is 5.91 Å². The number of ether oxygens (including phenoxy) is 1. The first-order valence-electron chi connectivity index (χ1n) is 6.89. The Morgan fingerprint density at radius 2 is 2.09 bits per heavy atom. The van der Waals surface area contributed by atoms with Gasteiger partial charge in [0, 0.05) is 12.1 Å². The number of hydrogen-bond donors (Lipinski definition) is 2. The van der Waals surface area contributed by atoms with Gasteiger partial charge >= 0.3 is 5.97 Å². The van der Waals surface area contributed by atoms with Crippen molar-refractivity contribution in [1.82, 2.24) is 4.90 Å². The Morgan fingerprint density at radius 3 is 2.70 bits per heavy atom. The van der Waals surface area contributed by atoms with Gasteiger partial charge in [0.15, 0.2) is 6.04 Å². The van der Waals surface area contributed by atoms with Crippen LogP contribution in [0.25, 0.3) is 0 Å². The second kappa shape index (κ2) is 6.55. The summed E-state index contributed by atoms with van der Waals surface area (Å²) in [5.74, 6) is -1.61. The molecule has 9 heteroatoms. The van der Waals surface area contributed by atoms with Crippen LogP contribution in [-0.4, -0.2) is 62.4 Å². The number of hydrogen-bond acceptors (Lipinski definition) is 5. The topological polar surface area (TPSA) is 113 Å². The van der Waals surface area contributed by atoms with Crippen molar-refractivity contribution in [3.05, 3.63) is 29.3 Å². The Hall–Kier alpha value is -2.13. The second-order valence-electron chi connectivity index (χ2n) is 5.33. The second-order valence-corrected chi connectivity index (χ2v) is 7.08. The zero-order chi connectivity index (χ0) is 17.2. The molecule has 1 aliphatic heterocycles. The largest absolute Gasteiger partial charge is 0.480 e. The normalized spacial score (nSPS) is 18.5. The Labute approximate surface area is 134 Å². The highest BCUT2D eigenvalue weighted by Crippen LogP contribution is 2.20. The van der Waals surface area contributed by atoms with Crippen molar-refractivity contribution in [2.45, 2.75) is 13.0 Å². The first-order chi connectivity index (χ1) is 10.7. The number of nitrogens with one attached hydrogen (secondary N) is 1.